The molecule has 0 aromatic carbocycles. The predicted molar refractivity (Wildman–Crippen MR) is 62.2 cm³/mol. The first-order chi connectivity index (χ1) is 6.63. The van der Waals surface area contributed by atoms with Crippen molar-refractivity contribution in [1.82, 2.24) is 0 Å². The SMILES string of the molecule is CC1=C(C)C(C2CCCC2)C(C)=C1C. The highest BCUT2D eigenvalue weighted by Gasteiger charge is 2.32. The fourth-order valence-electron chi connectivity index (χ4n) is 3.38. The van der Waals surface area contributed by atoms with E-state index in [1.807, 2.05) is 0 Å². The molecule has 0 heterocycles. The quantitative estimate of drug-likeness (QED) is 0.572. The molecule has 78 valence electrons. The molecule has 0 atom stereocenters. The van der Waals surface area contributed by atoms with Crippen molar-refractivity contribution in [2.45, 2.75) is 53.4 Å². The molecule has 0 heteroatoms. The Kier molecular flexibility index (Phi) is 2.55. The zero-order chi connectivity index (χ0) is 10.3. The van der Waals surface area contributed by atoms with Crippen LogP contribution in [0.25, 0.3) is 0 Å². The third kappa shape index (κ3) is 1.36. The van der Waals surface area contributed by atoms with Gasteiger partial charge in [-0.3, -0.25) is 0 Å². The molecule has 0 aromatic heterocycles. The standard InChI is InChI=1S/C14H22/c1-9-10(2)12(4)14(11(9)3)13-7-5-6-8-13/h13-14H,5-8H2,1-4H3. The van der Waals surface area contributed by atoms with Gasteiger partial charge in [-0.25, -0.2) is 0 Å². The molecule has 0 aromatic rings. The van der Waals surface area contributed by atoms with Gasteiger partial charge in [0, 0.05) is 5.92 Å². The van der Waals surface area contributed by atoms with E-state index in [-0.39, 0.29) is 0 Å². The van der Waals surface area contributed by atoms with Crippen molar-refractivity contribution < 1.29 is 0 Å². The van der Waals surface area contributed by atoms with Crippen LogP contribution < -0.4 is 0 Å². The van der Waals surface area contributed by atoms with Crippen LogP contribution in [0.2, 0.25) is 0 Å². The topological polar surface area (TPSA) is 0 Å². The van der Waals surface area contributed by atoms with Gasteiger partial charge in [0.1, 0.15) is 0 Å². The van der Waals surface area contributed by atoms with Crippen molar-refractivity contribution in [1.29, 1.82) is 0 Å². The minimum absolute atomic E-state index is 0.803. The van der Waals surface area contributed by atoms with Crippen LogP contribution in [0.5, 0.6) is 0 Å². The van der Waals surface area contributed by atoms with Gasteiger partial charge in [0.05, 0.1) is 0 Å². The molecule has 0 saturated heterocycles. The highest BCUT2D eigenvalue weighted by atomic mass is 14.4. The van der Waals surface area contributed by atoms with E-state index < -0.39 is 0 Å². The second-order valence-corrected chi connectivity index (χ2v) is 5.14. The van der Waals surface area contributed by atoms with E-state index in [1.165, 1.54) is 25.7 Å². The van der Waals surface area contributed by atoms with E-state index in [4.69, 9.17) is 0 Å². The van der Waals surface area contributed by atoms with E-state index in [0.717, 1.165) is 11.8 Å². The van der Waals surface area contributed by atoms with Gasteiger partial charge in [-0.1, -0.05) is 24.0 Å². The first-order valence-corrected chi connectivity index (χ1v) is 5.98. The van der Waals surface area contributed by atoms with Gasteiger partial charge >= 0.3 is 0 Å². The van der Waals surface area contributed by atoms with Crippen molar-refractivity contribution in [3.63, 3.8) is 0 Å². The lowest BCUT2D eigenvalue weighted by Crippen LogP contribution is -2.12. The predicted octanol–water partition coefficient (Wildman–Crippen LogP) is 4.48. The minimum Gasteiger partial charge on any atom is -0.0627 e. The largest absolute Gasteiger partial charge is 0.0627 e. The molecule has 1 fully saturated rings. The van der Waals surface area contributed by atoms with Crippen LogP contribution in [0.3, 0.4) is 0 Å². The van der Waals surface area contributed by atoms with Crippen LogP contribution in [-0.4, -0.2) is 0 Å². The molecule has 2 aliphatic carbocycles. The van der Waals surface area contributed by atoms with Crippen LogP contribution in [0.15, 0.2) is 22.3 Å². The van der Waals surface area contributed by atoms with Crippen molar-refractivity contribution in [3.05, 3.63) is 22.3 Å². The first kappa shape index (κ1) is 10.0. The van der Waals surface area contributed by atoms with Gasteiger partial charge in [0.25, 0.3) is 0 Å². The molecule has 0 nitrogen and oxygen atoms in total. The van der Waals surface area contributed by atoms with Crippen LogP contribution in [0, 0.1) is 11.8 Å². The highest BCUT2D eigenvalue weighted by Crippen LogP contribution is 2.45. The monoisotopic (exact) mass is 190 g/mol. The van der Waals surface area contributed by atoms with E-state index in [1.54, 1.807) is 22.3 Å². The summed E-state index contributed by atoms with van der Waals surface area (Å²) in [4.78, 5) is 0. The van der Waals surface area contributed by atoms with Gasteiger partial charge in [0.15, 0.2) is 0 Å². The Hall–Kier alpha value is -0.520. The second-order valence-electron chi connectivity index (χ2n) is 5.14. The number of allylic oxidation sites excluding steroid dienone is 4. The molecule has 14 heavy (non-hydrogen) atoms. The van der Waals surface area contributed by atoms with Crippen LogP contribution in [-0.2, 0) is 0 Å². The Morgan fingerprint density at radius 3 is 1.64 bits per heavy atom. The molecule has 0 aliphatic heterocycles. The van der Waals surface area contributed by atoms with Crippen molar-refractivity contribution in [2.75, 3.05) is 0 Å². The lowest BCUT2D eigenvalue weighted by atomic mass is 9.83. The normalized spacial score (nSPS) is 25.7. The summed E-state index contributed by atoms with van der Waals surface area (Å²) in [6.45, 7) is 9.28. The summed E-state index contributed by atoms with van der Waals surface area (Å²) >= 11 is 0. The first-order valence-electron chi connectivity index (χ1n) is 5.98. The minimum atomic E-state index is 0.803. The average Bonchev–Trinajstić information content (AvgIpc) is 2.73. The van der Waals surface area contributed by atoms with E-state index >= 15 is 0 Å². The summed E-state index contributed by atoms with van der Waals surface area (Å²) < 4.78 is 0. The Bertz CT molecular complexity index is 274. The number of hydrogen-bond donors (Lipinski definition) is 0. The van der Waals surface area contributed by atoms with Crippen molar-refractivity contribution in [3.8, 4) is 0 Å². The molecular formula is C14H22. The molecule has 2 rings (SSSR count). The van der Waals surface area contributed by atoms with Crippen molar-refractivity contribution >= 4 is 0 Å². The molecule has 2 aliphatic rings. The summed E-state index contributed by atoms with van der Waals surface area (Å²) in [5, 5.41) is 0. The molecule has 0 amide bonds. The Morgan fingerprint density at radius 2 is 1.21 bits per heavy atom. The smallest absolute Gasteiger partial charge is 0.00413 e. The Balaban J connectivity index is 2.28. The van der Waals surface area contributed by atoms with Crippen LogP contribution in [0.4, 0.5) is 0 Å². The Morgan fingerprint density at radius 1 is 0.786 bits per heavy atom. The van der Waals surface area contributed by atoms with E-state index in [0.29, 0.717) is 0 Å². The zero-order valence-electron chi connectivity index (χ0n) is 9.98. The van der Waals surface area contributed by atoms with E-state index in [2.05, 4.69) is 27.7 Å². The molecule has 0 radical (unpaired) electrons. The molecular weight excluding hydrogens is 168 g/mol. The third-order valence-electron chi connectivity index (χ3n) is 4.55. The van der Waals surface area contributed by atoms with Crippen LogP contribution in [0.1, 0.15) is 53.4 Å². The third-order valence-corrected chi connectivity index (χ3v) is 4.55. The average molecular weight is 190 g/mol. The fourth-order valence-corrected chi connectivity index (χ4v) is 3.38. The summed E-state index contributed by atoms with van der Waals surface area (Å²) in [5.74, 6) is 1.76. The van der Waals surface area contributed by atoms with Gasteiger partial charge in [-0.05, 0) is 57.6 Å². The van der Waals surface area contributed by atoms with Gasteiger partial charge in [-0.2, -0.15) is 0 Å². The Labute approximate surface area is 88.1 Å². The maximum atomic E-state index is 2.35. The van der Waals surface area contributed by atoms with Gasteiger partial charge < -0.3 is 0 Å². The lowest BCUT2D eigenvalue weighted by molar-refractivity contribution is 0.438. The lowest BCUT2D eigenvalue weighted by Gasteiger charge is -2.22. The summed E-state index contributed by atoms with van der Waals surface area (Å²) in [5.41, 5.74) is 6.46. The van der Waals surface area contributed by atoms with Gasteiger partial charge in [-0.15, -0.1) is 0 Å². The maximum Gasteiger partial charge on any atom is 0.00413 e. The molecule has 0 bridgehead atoms. The summed E-state index contributed by atoms with van der Waals surface area (Å²) in [6.07, 6.45) is 5.83. The van der Waals surface area contributed by atoms with Gasteiger partial charge in [0.2, 0.25) is 0 Å². The molecule has 1 saturated carbocycles. The molecule has 0 N–H and O–H groups in total. The zero-order valence-corrected chi connectivity index (χ0v) is 9.98. The second kappa shape index (κ2) is 3.56. The number of hydrogen-bond acceptors (Lipinski definition) is 0. The van der Waals surface area contributed by atoms with Crippen molar-refractivity contribution in [2.24, 2.45) is 11.8 Å². The summed E-state index contributed by atoms with van der Waals surface area (Å²) in [6, 6.07) is 0. The molecule has 0 spiro atoms. The molecule has 0 unspecified atom stereocenters. The number of rotatable bonds is 1. The fraction of sp³-hybridized carbons (Fsp3) is 0.714. The van der Waals surface area contributed by atoms with E-state index in [9.17, 15) is 0 Å². The van der Waals surface area contributed by atoms with Crippen LogP contribution >= 0.6 is 0 Å². The highest BCUT2D eigenvalue weighted by molar-refractivity contribution is 5.46. The summed E-state index contributed by atoms with van der Waals surface area (Å²) in [7, 11) is 0. The maximum absolute atomic E-state index is 2.35.